The minimum Gasteiger partial charge on any atom is -0.326 e. The minimum absolute atomic E-state index is 0.0321. The molecule has 2 aromatic rings. The number of amides is 1. The van der Waals surface area contributed by atoms with Crippen LogP contribution in [0.2, 0.25) is 5.02 Å². The van der Waals surface area contributed by atoms with E-state index >= 15 is 0 Å². The molecule has 22 heavy (non-hydrogen) atoms. The van der Waals surface area contributed by atoms with Crippen LogP contribution in [0.3, 0.4) is 0 Å². The van der Waals surface area contributed by atoms with Crippen molar-refractivity contribution in [3.63, 3.8) is 0 Å². The number of halogens is 1. The maximum Gasteiger partial charge on any atom is 0.279 e. The van der Waals surface area contributed by atoms with E-state index in [4.69, 9.17) is 11.6 Å². The predicted octanol–water partition coefficient (Wildman–Crippen LogP) is 2.61. The summed E-state index contributed by atoms with van der Waals surface area (Å²) in [6.45, 7) is 5.42. The van der Waals surface area contributed by atoms with E-state index < -0.39 is 0 Å². The second kappa shape index (κ2) is 7.43. The Hall–Kier alpha value is -1.84. The number of hydrogen-bond donors (Lipinski definition) is 2. The molecule has 0 aliphatic heterocycles. The van der Waals surface area contributed by atoms with Crippen molar-refractivity contribution in [1.82, 2.24) is 0 Å². The Morgan fingerprint density at radius 3 is 2.59 bits per heavy atom. The van der Waals surface area contributed by atoms with E-state index in [-0.39, 0.29) is 5.91 Å². The molecule has 1 amide bonds. The summed E-state index contributed by atoms with van der Waals surface area (Å²) in [4.78, 5) is 13.2. The maximum atomic E-state index is 12.1. The van der Waals surface area contributed by atoms with Gasteiger partial charge in [0.15, 0.2) is 6.54 Å². The second-order valence-corrected chi connectivity index (χ2v) is 6.18. The lowest BCUT2D eigenvalue weighted by Crippen LogP contribution is -3.08. The number of likely N-dealkylation sites (N-methyl/N-ethyl adjacent to an activating group) is 1. The van der Waals surface area contributed by atoms with Gasteiger partial charge in [-0.15, -0.1) is 0 Å². The van der Waals surface area contributed by atoms with Gasteiger partial charge in [0.1, 0.15) is 6.54 Å². The van der Waals surface area contributed by atoms with Crippen LogP contribution in [-0.2, 0) is 11.3 Å². The number of hydrogen-bond acceptors (Lipinski definition) is 1. The number of carbonyl (C=O) groups excluding carboxylic acids is 1. The Morgan fingerprint density at radius 1 is 1.18 bits per heavy atom. The van der Waals surface area contributed by atoms with Gasteiger partial charge in [0.05, 0.1) is 17.8 Å². The first-order valence-electron chi connectivity index (χ1n) is 7.37. The summed E-state index contributed by atoms with van der Waals surface area (Å²) in [5.41, 5.74) is 4.46. The van der Waals surface area contributed by atoms with Gasteiger partial charge in [-0.3, -0.25) is 4.79 Å². The Labute approximate surface area is 136 Å². The molecular formula is C18H22ClN2O+. The summed E-state index contributed by atoms with van der Waals surface area (Å²) in [6, 6.07) is 13.7. The van der Waals surface area contributed by atoms with Gasteiger partial charge >= 0.3 is 0 Å². The number of rotatable bonds is 5. The molecule has 3 nitrogen and oxygen atoms in total. The first-order valence-corrected chi connectivity index (χ1v) is 7.75. The third-order valence-corrected chi connectivity index (χ3v) is 3.93. The van der Waals surface area contributed by atoms with E-state index in [1.807, 2.05) is 19.2 Å². The summed E-state index contributed by atoms with van der Waals surface area (Å²) in [7, 11) is 2.02. The molecule has 0 fully saturated rings. The number of nitrogens with one attached hydrogen (secondary N) is 2. The van der Waals surface area contributed by atoms with Crippen LogP contribution in [0.5, 0.6) is 0 Å². The van der Waals surface area contributed by atoms with Crippen LogP contribution in [0.1, 0.15) is 16.7 Å². The molecule has 2 rings (SSSR count). The molecule has 1 atom stereocenters. The molecule has 0 heterocycles. The van der Waals surface area contributed by atoms with Gasteiger partial charge in [0.25, 0.3) is 5.91 Å². The molecule has 116 valence electrons. The van der Waals surface area contributed by atoms with E-state index in [9.17, 15) is 4.79 Å². The van der Waals surface area contributed by atoms with E-state index in [1.54, 1.807) is 12.1 Å². The highest BCUT2D eigenvalue weighted by Crippen LogP contribution is 2.19. The van der Waals surface area contributed by atoms with Crippen LogP contribution in [0.15, 0.2) is 42.5 Å². The zero-order valence-corrected chi connectivity index (χ0v) is 14.0. The normalized spacial score (nSPS) is 12.0. The first-order chi connectivity index (χ1) is 10.5. The molecule has 2 N–H and O–H groups in total. The summed E-state index contributed by atoms with van der Waals surface area (Å²) in [5.74, 6) is -0.0321. The van der Waals surface area contributed by atoms with Gasteiger partial charge in [-0.2, -0.15) is 0 Å². The van der Waals surface area contributed by atoms with Crippen molar-refractivity contribution in [2.45, 2.75) is 20.4 Å². The van der Waals surface area contributed by atoms with Crippen molar-refractivity contribution in [2.24, 2.45) is 0 Å². The SMILES string of the molecule is Cc1ccc(C[NH+](C)CC(=O)Nc2ccccc2Cl)c(C)c1. The highest BCUT2D eigenvalue weighted by Gasteiger charge is 2.13. The lowest BCUT2D eigenvalue weighted by molar-refractivity contribution is -0.885. The lowest BCUT2D eigenvalue weighted by atomic mass is 10.1. The van der Waals surface area contributed by atoms with Crippen molar-refractivity contribution in [3.05, 3.63) is 64.2 Å². The van der Waals surface area contributed by atoms with Crippen LogP contribution < -0.4 is 10.2 Å². The van der Waals surface area contributed by atoms with Gasteiger partial charge in [-0.05, 0) is 31.5 Å². The first kappa shape index (κ1) is 16.5. The molecule has 0 spiro atoms. The topological polar surface area (TPSA) is 33.5 Å². The van der Waals surface area contributed by atoms with E-state index in [2.05, 4.69) is 37.4 Å². The molecule has 0 saturated carbocycles. The molecule has 4 heteroatoms. The van der Waals surface area contributed by atoms with Gasteiger partial charge in [0, 0.05) is 5.56 Å². The molecule has 1 unspecified atom stereocenters. The summed E-state index contributed by atoms with van der Waals surface area (Å²) in [6.07, 6.45) is 0. The third kappa shape index (κ3) is 4.58. The van der Waals surface area contributed by atoms with Crippen molar-refractivity contribution in [3.8, 4) is 0 Å². The zero-order valence-electron chi connectivity index (χ0n) is 13.2. The van der Waals surface area contributed by atoms with Gasteiger partial charge in [-0.25, -0.2) is 0 Å². The average Bonchev–Trinajstić information content (AvgIpc) is 2.44. The fraction of sp³-hybridized carbons (Fsp3) is 0.278. The van der Waals surface area contributed by atoms with Crippen molar-refractivity contribution >= 4 is 23.2 Å². The fourth-order valence-corrected chi connectivity index (χ4v) is 2.65. The Balaban J connectivity index is 1.92. The molecule has 2 aromatic carbocycles. The summed E-state index contributed by atoms with van der Waals surface area (Å²) < 4.78 is 0. The van der Waals surface area contributed by atoms with Crippen LogP contribution >= 0.6 is 11.6 Å². The Bertz CT molecular complexity index is 670. The Kier molecular flexibility index (Phi) is 5.58. The zero-order chi connectivity index (χ0) is 16.1. The molecular weight excluding hydrogens is 296 g/mol. The number of para-hydroxylation sites is 1. The lowest BCUT2D eigenvalue weighted by Gasteiger charge is -2.16. The van der Waals surface area contributed by atoms with Crippen molar-refractivity contribution in [1.29, 1.82) is 0 Å². The van der Waals surface area contributed by atoms with Crippen molar-refractivity contribution < 1.29 is 9.69 Å². The largest absolute Gasteiger partial charge is 0.326 e. The van der Waals surface area contributed by atoms with Crippen LogP contribution in [-0.4, -0.2) is 19.5 Å². The van der Waals surface area contributed by atoms with Crippen molar-refractivity contribution in [2.75, 3.05) is 18.9 Å². The number of benzene rings is 2. The molecule has 0 aromatic heterocycles. The standard InChI is InChI=1S/C18H21ClN2O/c1-13-8-9-15(14(2)10-13)11-21(3)12-18(22)20-17-7-5-4-6-16(17)19/h4-10H,11-12H2,1-3H3,(H,20,22)/p+1. The van der Waals surface area contributed by atoms with Gasteiger partial charge < -0.3 is 10.2 Å². The summed E-state index contributed by atoms with van der Waals surface area (Å²) in [5, 5.41) is 3.42. The molecule has 0 saturated heterocycles. The van der Waals surface area contributed by atoms with Crippen LogP contribution in [0.4, 0.5) is 5.69 Å². The quantitative estimate of drug-likeness (QED) is 0.873. The van der Waals surface area contributed by atoms with E-state index in [1.165, 1.54) is 16.7 Å². The number of anilines is 1. The van der Waals surface area contributed by atoms with Crippen LogP contribution in [0.25, 0.3) is 0 Å². The number of quaternary nitrogens is 1. The van der Waals surface area contributed by atoms with E-state index in [0.29, 0.717) is 17.3 Å². The third-order valence-electron chi connectivity index (χ3n) is 3.60. The number of aryl methyl sites for hydroxylation is 2. The number of carbonyl (C=O) groups is 1. The maximum absolute atomic E-state index is 12.1. The smallest absolute Gasteiger partial charge is 0.279 e. The summed E-state index contributed by atoms with van der Waals surface area (Å²) >= 11 is 6.05. The molecule has 0 aliphatic carbocycles. The predicted molar refractivity (Wildman–Crippen MR) is 91.5 cm³/mol. The minimum atomic E-state index is -0.0321. The molecule has 0 radical (unpaired) electrons. The van der Waals surface area contributed by atoms with Gasteiger partial charge in [0.2, 0.25) is 0 Å². The fourth-order valence-electron chi connectivity index (χ4n) is 2.46. The Morgan fingerprint density at radius 2 is 1.91 bits per heavy atom. The van der Waals surface area contributed by atoms with E-state index in [0.717, 1.165) is 11.4 Å². The second-order valence-electron chi connectivity index (χ2n) is 5.77. The highest BCUT2D eigenvalue weighted by molar-refractivity contribution is 6.33. The van der Waals surface area contributed by atoms with Gasteiger partial charge in [-0.1, -0.05) is 47.5 Å². The molecule has 0 aliphatic rings. The van der Waals surface area contributed by atoms with Crippen LogP contribution in [0, 0.1) is 13.8 Å². The molecule has 0 bridgehead atoms. The highest BCUT2D eigenvalue weighted by atomic mass is 35.5. The monoisotopic (exact) mass is 317 g/mol. The average molecular weight is 318 g/mol.